The van der Waals surface area contributed by atoms with Gasteiger partial charge in [-0.2, -0.15) is 0 Å². The highest BCUT2D eigenvalue weighted by atomic mass is 16.7. The fraction of sp³-hybridized carbons (Fsp3) is 0.722. The SMILES string of the molecule is CC(=O)N[C@H]1CCCC[C@@H]1Nc1ncc(B2OC(C)(C)C(C)(C)O2)cn1. The zero-order chi connectivity index (χ0) is 18.9. The lowest BCUT2D eigenvalue weighted by Gasteiger charge is -2.32. The van der Waals surface area contributed by atoms with E-state index in [1.807, 2.05) is 27.7 Å². The van der Waals surface area contributed by atoms with Gasteiger partial charge in [0.25, 0.3) is 0 Å². The normalized spacial score (nSPS) is 27.2. The van der Waals surface area contributed by atoms with Gasteiger partial charge in [-0.15, -0.1) is 0 Å². The van der Waals surface area contributed by atoms with Crippen molar-refractivity contribution in [2.24, 2.45) is 0 Å². The van der Waals surface area contributed by atoms with Crippen LogP contribution in [-0.4, -0.2) is 46.3 Å². The first kappa shape index (κ1) is 19.1. The minimum atomic E-state index is -0.462. The second kappa shape index (κ2) is 7.16. The van der Waals surface area contributed by atoms with Gasteiger partial charge in [0.15, 0.2) is 0 Å². The van der Waals surface area contributed by atoms with Crippen molar-refractivity contribution in [3.8, 4) is 0 Å². The molecule has 3 rings (SSSR count). The molecule has 1 aliphatic carbocycles. The molecule has 1 aromatic rings. The number of rotatable bonds is 4. The van der Waals surface area contributed by atoms with Gasteiger partial charge in [0.05, 0.1) is 11.2 Å². The van der Waals surface area contributed by atoms with Crippen LogP contribution in [0.3, 0.4) is 0 Å². The summed E-state index contributed by atoms with van der Waals surface area (Å²) in [5.41, 5.74) is 0.0288. The van der Waals surface area contributed by atoms with Crippen molar-refractivity contribution >= 4 is 24.4 Å². The van der Waals surface area contributed by atoms with Crippen LogP contribution in [0.15, 0.2) is 12.4 Å². The van der Waals surface area contributed by atoms with Crippen molar-refractivity contribution in [3.63, 3.8) is 0 Å². The van der Waals surface area contributed by atoms with E-state index < -0.39 is 7.12 Å². The summed E-state index contributed by atoms with van der Waals surface area (Å²) in [4.78, 5) is 20.3. The molecule has 2 heterocycles. The van der Waals surface area contributed by atoms with E-state index in [0.29, 0.717) is 5.95 Å². The number of nitrogens with zero attached hydrogens (tertiary/aromatic N) is 2. The largest absolute Gasteiger partial charge is 0.498 e. The minimum Gasteiger partial charge on any atom is -0.399 e. The molecule has 0 unspecified atom stereocenters. The van der Waals surface area contributed by atoms with Crippen molar-refractivity contribution < 1.29 is 14.1 Å². The van der Waals surface area contributed by atoms with E-state index in [2.05, 4.69) is 20.6 Å². The third kappa shape index (κ3) is 4.01. The fourth-order valence-electron chi connectivity index (χ4n) is 3.42. The van der Waals surface area contributed by atoms with E-state index >= 15 is 0 Å². The summed E-state index contributed by atoms with van der Waals surface area (Å²) in [5.74, 6) is 0.563. The zero-order valence-corrected chi connectivity index (χ0v) is 16.3. The molecular weight excluding hydrogens is 331 g/mol. The van der Waals surface area contributed by atoms with E-state index in [9.17, 15) is 4.79 Å². The van der Waals surface area contributed by atoms with Crippen LogP contribution >= 0.6 is 0 Å². The number of amides is 1. The lowest BCUT2D eigenvalue weighted by atomic mass is 9.81. The number of hydrogen-bond donors (Lipinski definition) is 2. The summed E-state index contributed by atoms with van der Waals surface area (Å²) in [7, 11) is -0.462. The molecule has 2 atom stereocenters. The topological polar surface area (TPSA) is 85.4 Å². The van der Waals surface area contributed by atoms with Crippen molar-refractivity contribution in [1.29, 1.82) is 0 Å². The Balaban J connectivity index is 1.65. The lowest BCUT2D eigenvalue weighted by molar-refractivity contribution is -0.119. The lowest BCUT2D eigenvalue weighted by Crippen LogP contribution is -2.48. The summed E-state index contributed by atoms with van der Waals surface area (Å²) >= 11 is 0. The molecule has 7 nitrogen and oxygen atoms in total. The molecule has 1 amide bonds. The van der Waals surface area contributed by atoms with Crippen LogP contribution in [0.5, 0.6) is 0 Å². The maximum atomic E-state index is 11.4. The number of carbonyl (C=O) groups is 1. The predicted octanol–water partition coefficient (Wildman–Crippen LogP) is 1.64. The molecule has 2 N–H and O–H groups in total. The van der Waals surface area contributed by atoms with Gasteiger partial charge in [-0.05, 0) is 40.5 Å². The summed E-state index contributed by atoms with van der Waals surface area (Å²) in [6.45, 7) is 9.65. The second-order valence-corrected chi connectivity index (χ2v) is 8.27. The van der Waals surface area contributed by atoms with Gasteiger partial charge in [-0.1, -0.05) is 12.8 Å². The summed E-state index contributed by atoms with van der Waals surface area (Å²) in [5, 5.41) is 6.40. The van der Waals surface area contributed by atoms with Crippen LogP contribution in [0.1, 0.15) is 60.3 Å². The number of carbonyl (C=O) groups excluding carboxylic acids is 1. The number of anilines is 1. The monoisotopic (exact) mass is 360 g/mol. The van der Waals surface area contributed by atoms with Gasteiger partial charge in [0.1, 0.15) is 0 Å². The van der Waals surface area contributed by atoms with Crippen molar-refractivity contribution in [1.82, 2.24) is 15.3 Å². The van der Waals surface area contributed by atoms with Crippen molar-refractivity contribution in [2.45, 2.75) is 83.6 Å². The Hall–Kier alpha value is -1.67. The summed E-state index contributed by atoms with van der Waals surface area (Å²) in [6.07, 6.45) is 7.72. The van der Waals surface area contributed by atoms with E-state index in [4.69, 9.17) is 9.31 Å². The highest BCUT2D eigenvalue weighted by Crippen LogP contribution is 2.36. The minimum absolute atomic E-state index is 0.000673. The molecular formula is C18H29BN4O3. The maximum absolute atomic E-state index is 11.4. The first-order chi connectivity index (χ1) is 12.2. The second-order valence-electron chi connectivity index (χ2n) is 8.27. The molecule has 2 fully saturated rings. The van der Waals surface area contributed by atoms with Gasteiger partial charge in [0.2, 0.25) is 11.9 Å². The smallest absolute Gasteiger partial charge is 0.399 e. The highest BCUT2D eigenvalue weighted by Gasteiger charge is 2.51. The summed E-state index contributed by atoms with van der Waals surface area (Å²) in [6, 6.07) is 0.267. The van der Waals surface area contributed by atoms with Gasteiger partial charge in [-0.3, -0.25) is 4.79 Å². The van der Waals surface area contributed by atoms with Crippen LogP contribution in [0, 0.1) is 0 Å². The zero-order valence-electron chi connectivity index (χ0n) is 16.3. The molecule has 0 radical (unpaired) electrons. The predicted molar refractivity (Wildman–Crippen MR) is 101 cm³/mol. The number of aromatic nitrogens is 2. The molecule has 1 aliphatic heterocycles. The Labute approximate surface area is 155 Å². The van der Waals surface area contributed by atoms with Gasteiger partial charge in [0, 0.05) is 36.9 Å². The van der Waals surface area contributed by atoms with Gasteiger partial charge in [-0.25, -0.2) is 9.97 Å². The summed E-state index contributed by atoms with van der Waals surface area (Å²) < 4.78 is 12.1. The molecule has 0 aromatic carbocycles. The Morgan fingerprint density at radius 3 is 2.15 bits per heavy atom. The molecule has 8 heteroatoms. The van der Waals surface area contributed by atoms with Crippen LogP contribution in [-0.2, 0) is 14.1 Å². The average molecular weight is 360 g/mol. The highest BCUT2D eigenvalue weighted by molar-refractivity contribution is 6.61. The first-order valence-electron chi connectivity index (χ1n) is 9.39. The molecule has 26 heavy (non-hydrogen) atoms. The van der Waals surface area contributed by atoms with E-state index in [0.717, 1.165) is 31.1 Å². The van der Waals surface area contributed by atoms with Crippen molar-refractivity contribution in [3.05, 3.63) is 12.4 Å². The molecule has 1 aromatic heterocycles. The molecule has 142 valence electrons. The number of nitrogens with one attached hydrogen (secondary N) is 2. The first-order valence-corrected chi connectivity index (χ1v) is 9.39. The Bertz CT molecular complexity index is 634. The van der Waals surface area contributed by atoms with E-state index in [1.165, 1.54) is 0 Å². The Kier molecular flexibility index (Phi) is 5.26. The Morgan fingerprint density at radius 2 is 1.62 bits per heavy atom. The third-order valence-electron chi connectivity index (χ3n) is 5.67. The van der Waals surface area contributed by atoms with Crippen LogP contribution in [0.25, 0.3) is 0 Å². The Morgan fingerprint density at radius 1 is 1.08 bits per heavy atom. The molecule has 0 bridgehead atoms. The molecule has 1 saturated heterocycles. The van der Waals surface area contributed by atoms with Crippen LogP contribution in [0.2, 0.25) is 0 Å². The van der Waals surface area contributed by atoms with Crippen molar-refractivity contribution in [2.75, 3.05) is 5.32 Å². The van der Waals surface area contributed by atoms with E-state index in [1.54, 1.807) is 19.3 Å². The van der Waals surface area contributed by atoms with Crippen LogP contribution in [0.4, 0.5) is 5.95 Å². The maximum Gasteiger partial charge on any atom is 0.498 e. The van der Waals surface area contributed by atoms with Gasteiger partial charge < -0.3 is 19.9 Å². The average Bonchev–Trinajstić information content (AvgIpc) is 2.77. The fourth-order valence-corrected chi connectivity index (χ4v) is 3.42. The number of hydrogen-bond acceptors (Lipinski definition) is 6. The standard InChI is InChI=1S/C18H29BN4O3/c1-12(24)22-14-8-6-7-9-15(14)23-16-20-10-13(11-21-16)19-25-17(2,3)18(4,5)26-19/h10-11,14-15H,6-9H2,1-5H3,(H,22,24)(H,20,21,23)/t14-,15-/m0/s1. The molecule has 1 saturated carbocycles. The molecule has 0 spiro atoms. The third-order valence-corrected chi connectivity index (χ3v) is 5.67. The quantitative estimate of drug-likeness (QED) is 0.794. The van der Waals surface area contributed by atoms with Gasteiger partial charge >= 0.3 is 7.12 Å². The molecule has 2 aliphatic rings. The van der Waals surface area contributed by atoms with Crippen LogP contribution < -0.4 is 16.1 Å². The van der Waals surface area contributed by atoms with E-state index in [-0.39, 0.29) is 29.2 Å².